The molecule has 0 amide bonds. The number of benzene rings is 2. The number of halogens is 4. The van der Waals surface area contributed by atoms with Gasteiger partial charge in [0.15, 0.2) is 0 Å². The van der Waals surface area contributed by atoms with Crippen LogP contribution in [0.15, 0.2) is 34.8 Å². The van der Waals surface area contributed by atoms with E-state index in [9.17, 15) is 23.3 Å². The molecule has 0 saturated heterocycles. The molecule has 2 aromatic rings. The second-order valence-corrected chi connectivity index (χ2v) is 4.98. The van der Waals surface area contributed by atoms with E-state index in [1.807, 2.05) is 0 Å². The van der Waals surface area contributed by atoms with Crippen molar-refractivity contribution in [2.75, 3.05) is 5.32 Å². The van der Waals surface area contributed by atoms with Gasteiger partial charge < -0.3 is 5.32 Å². The van der Waals surface area contributed by atoms with Crippen LogP contribution in [0.25, 0.3) is 0 Å². The maximum Gasteiger partial charge on any atom is 0.274 e. The lowest BCUT2D eigenvalue weighted by Gasteiger charge is -2.09. The summed E-state index contributed by atoms with van der Waals surface area (Å²) in [6.45, 7) is -0.178. The third kappa shape index (κ3) is 3.52. The monoisotopic (exact) mass is 360 g/mol. The molecule has 0 spiro atoms. The maximum absolute atomic E-state index is 13.5. The predicted octanol–water partition coefficient (Wildman–Crippen LogP) is 4.39. The molecule has 0 aliphatic rings. The number of nitrogens with zero attached hydrogens (tertiary/aromatic N) is 1. The quantitative estimate of drug-likeness (QED) is 0.499. The molecule has 0 atom stereocenters. The number of rotatable bonds is 4. The van der Waals surface area contributed by atoms with Gasteiger partial charge in [0.2, 0.25) is 0 Å². The third-order valence-electron chi connectivity index (χ3n) is 2.72. The molecule has 8 heteroatoms. The summed E-state index contributed by atoms with van der Waals surface area (Å²) >= 11 is 2.91. The van der Waals surface area contributed by atoms with Crippen molar-refractivity contribution in [2.45, 2.75) is 6.54 Å². The summed E-state index contributed by atoms with van der Waals surface area (Å²) in [6.07, 6.45) is 0. The zero-order chi connectivity index (χ0) is 15.6. The molecule has 0 heterocycles. The second-order valence-electron chi connectivity index (χ2n) is 4.13. The Labute approximate surface area is 125 Å². The lowest BCUT2D eigenvalue weighted by molar-refractivity contribution is -0.385. The molecular formula is C13H8BrF3N2O2. The Balaban J connectivity index is 2.26. The fourth-order valence-corrected chi connectivity index (χ4v) is 2.07. The summed E-state index contributed by atoms with van der Waals surface area (Å²) in [5.74, 6) is -2.26. The summed E-state index contributed by atoms with van der Waals surface area (Å²) < 4.78 is 39.8. The van der Waals surface area contributed by atoms with Crippen LogP contribution >= 0.6 is 15.9 Å². The molecule has 110 valence electrons. The molecule has 0 aromatic heterocycles. The normalized spacial score (nSPS) is 10.5. The third-order valence-corrected chi connectivity index (χ3v) is 3.33. The van der Waals surface area contributed by atoms with Crippen molar-refractivity contribution in [1.82, 2.24) is 0 Å². The lowest BCUT2D eigenvalue weighted by Crippen LogP contribution is -2.05. The first-order chi connectivity index (χ1) is 9.88. The smallest absolute Gasteiger partial charge is 0.274 e. The minimum absolute atomic E-state index is 0.0418. The van der Waals surface area contributed by atoms with Gasteiger partial charge in [0.05, 0.1) is 20.6 Å². The van der Waals surface area contributed by atoms with E-state index in [0.29, 0.717) is 6.07 Å². The molecule has 0 radical (unpaired) electrons. The second kappa shape index (κ2) is 6.13. The van der Waals surface area contributed by atoms with Crippen LogP contribution in [0.4, 0.5) is 24.5 Å². The van der Waals surface area contributed by atoms with E-state index in [1.54, 1.807) is 0 Å². The zero-order valence-electron chi connectivity index (χ0n) is 10.4. The molecule has 0 bridgehead atoms. The number of nitrogens with one attached hydrogen (secondary N) is 1. The van der Waals surface area contributed by atoms with Crippen molar-refractivity contribution in [1.29, 1.82) is 0 Å². The Morgan fingerprint density at radius 2 is 1.86 bits per heavy atom. The topological polar surface area (TPSA) is 55.2 Å². The fourth-order valence-electron chi connectivity index (χ4n) is 1.72. The number of anilines is 1. The first kappa shape index (κ1) is 15.3. The van der Waals surface area contributed by atoms with Crippen LogP contribution in [0.3, 0.4) is 0 Å². The van der Waals surface area contributed by atoms with Gasteiger partial charge in [-0.2, -0.15) is 0 Å². The fraction of sp³-hybridized carbons (Fsp3) is 0.0769. The molecule has 1 N–H and O–H groups in total. The van der Waals surface area contributed by atoms with E-state index in [0.717, 1.165) is 24.3 Å². The summed E-state index contributed by atoms with van der Waals surface area (Å²) in [7, 11) is 0. The summed E-state index contributed by atoms with van der Waals surface area (Å²) in [6, 6.07) is 4.82. The van der Waals surface area contributed by atoms with Crippen LogP contribution in [0.5, 0.6) is 0 Å². The number of nitro benzene ring substituents is 1. The van der Waals surface area contributed by atoms with E-state index in [2.05, 4.69) is 21.2 Å². The Morgan fingerprint density at radius 3 is 2.52 bits per heavy atom. The highest BCUT2D eigenvalue weighted by atomic mass is 79.9. The summed E-state index contributed by atoms with van der Waals surface area (Å²) in [5, 5.41) is 13.4. The highest BCUT2D eigenvalue weighted by molar-refractivity contribution is 9.10. The van der Waals surface area contributed by atoms with Gasteiger partial charge in [-0.1, -0.05) is 0 Å². The Morgan fingerprint density at radius 1 is 1.14 bits per heavy atom. The van der Waals surface area contributed by atoms with Crippen molar-refractivity contribution in [3.63, 3.8) is 0 Å². The Hall–Kier alpha value is -2.09. The molecule has 0 fully saturated rings. The first-order valence-corrected chi connectivity index (χ1v) is 6.49. The highest BCUT2D eigenvalue weighted by Crippen LogP contribution is 2.26. The predicted molar refractivity (Wildman–Crippen MR) is 74.4 cm³/mol. The minimum atomic E-state index is -0.852. The van der Waals surface area contributed by atoms with Crippen LogP contribution < -0.4 is 5.32 Å². The van der Waals surface area contributed by atoms with Crippen molar-refractivity contribution in [3.05, 3.63) is 67.9 Å². The van der Waals surface area contributed by atoms with E-state index in [-0.39, 0.29) is 28.0 Å². The van der Waals surface area contributed by atoms with Crippen molar-refractivity contribution in [2.24, 2.45) is 0 Å². The van der Waals surface area contributed by atoms with Crippen molar-refractivity contribution < 1.29 is 18.1 Å². The van der Waals surface area contributed by atoms with E-state index < -0.39 is 22.4 Å². The Kier molecular flexibility index (Phi) is 4.46. The van der Waals surface area contributed by atoms with Crippen LogP contribution in [-0.2, 0) is 6.54 Å². The zero-order valence-corrected chi connectivity index (χ0v) is 12.0. The van der Waals surface area contributed by atoms with Gasteiger partial charge in [-0.25, -0.2) is 13.2 Å². The van der Waals surface area contributed by atoms with Crippen LogP contribution in [0.2, 0.25) is 0 Å². The van der Waals surface area contributed by atoms with Gasteiger partial charge in [0.25, 0.3) is 5.69 Å². The highest BCUT2D eigenvalue weighted by Gasteiger charge is 2.15. The van der Waals surface area contributed by atoms with Crippen molar-refractivity contribution in [3.8, 4) is 0 Å². The maximum atomic E-state index is 13.5. The van der Waals surface area contributed by atoms with Crippen molar-refractivity contribution >= 4 is 27.3 Å². The van der Waals surface area contributed by atoms with Gasteiger partial charge in [-0.15, -0.1) is 0 Å². The summed E-state index contributed by atoms with van der Waals surface area (Å²) in [4.78, 5) is 10.2. The lowest BCUT2D eigenvalue weighted by atomic mass is 10.1. The SMILES string of the molecule is O=[N+]([O-])c1ccc(F)cc1CNc1cc(Br)c(F)cc1F. The summed E-state index contributed by atoms with van der Waals surface area (Å²) in [5.41, 5.74) is -0.285. The van der Waals surface area contributed by atoms with E-state index in [4.69, 9.17) is 0 Å². The number of hydrogen-bond acceptors (Lipinski definition) is 3. The molecule has 0 unspecified atom stereocenters. The molecule has 2 aromatic carbocycles. The van der Waals surface area contributed by atoms with Gasteiger partial charge in [0.1, 0.15) is 17.5 Å². The van der Waals surface area contributed by atoms with E-state index in [1.165, 1.54) is 0 Å². The van der Waals surface area contributed by atoms with Gasteiger partial charge in [0, 0.05) is 18.7 Å². The average Bonchev–Trinajstić information content (AvgIpc) is 2.41. The standard InChI is InChI=1S/C13H8BrF3N2O2/c14-9-4-12(11(17)5-10(9)16)18-6-7-3-8(15)1-2-13(7)19(20)21/h1-5,18H,6H2. The van der Waals surface area contributed by atoms with E-state index >= 15 is 0 Å². The van der Waals surface area contributed by atoms with Crippen LogP contribution in [0.1, 0.15) is 5.56 Å². The van der Waals surface area contributed by atoms with Gasteiger partial charge in [-0.3, -0.25) is 10.1 Å². The first-order valence-electron chi connectivity index (χ1n) is 5.69. The van der Waals surface area contributed by atoms with Crippen LogP contribution in [-0.4, -0.2) is 4.92 Å². The molecular weight excluding hydrogens is 353 g/mol. The molecule has 0 saturated carbocycles. The number of hydrogen-bond donors (Lipinski definition) is 1. The largest absolute Gasteiger partial charge is 0.378 e. The molecule has 21 heavy (non-hydrogen) atoms. The molecule has 4 nitrogen and oxygen atoms in total. The van der Waals surface area contributed by atoms with Crippen LogP contribution in [0, 0.1) is 27.6 Å². The molecule has 0 aliphatic heterocycles. The van der Waals surface area contributed by atoms with Gasteiger partial charge >= 0.3 is 0 Å². The average molecular weight is 361 g/mol. The molecule has 2 rings (SSSR count). The van der Waals surface area contributed by atoms with Gasteiger partial charge in [-0.05, 0) is 34.1 Å². The Bertz CT molecular complexity index is 710. The molecule has 0 aliphatic carbocycles. The number of nitro groups is 1. The minimum Gasteiger partial charge on any atom is -0.378 e.